The van der Waals surface area contributed by atoms with E-state index in [0.717, 1.165) is 19.3 Å². The van der Waals surface area contributed by atoms with Gasteiger partial charge >= 0.3 is 0 Å². The summed E-state index contributed by atoms with van der Waals surface area (Å²) in [5, 5.41) is 2.66. The third-order valence-corrected chi connectivity index (χ3v) is 2.95. The summed E-state index contributed by atoms with van der Waals surface area (Å²) in [6.45, 7) is 0.652. The van der Waals surface area contributed by atoms with E-state index < -0.39 is 0 Å². The second-order valence-corrected chi connectivity index (χ2v) is 4.63. The number of nitrogens with one attached hydrogen (secondary N) is 1. The van der Waals surface area contributed by atoms with Crippen molar-refractivity contribution in [2.45, 2.75) is 25.7 Å². The van der Waals surface area contributed by atoms with Crippen LogP contribution in [0, 0.1) is 5.82 Å². The third-order valence-electron chi connectivity index (χ3n) is 2.31. The summed E-state index contributed by atoms with van der Waals surface area (Å²) in [6.07, 6.45) is 3.12. The monoisotopic (exact) mass is 302 g/mol. The number of benzene rings is 1. The van der Waals surface area contributed by atoms with Crippen LogP contribution in [0.5, 0.6) is 0 Å². The van der Waals surface area contributed by atoms with E-state index in [1.165, 1.54) is 6.07 Å². The SMILES string of the molecule is NCCCCCC(=O)Nc1ccc(Br)c(F)c1. The molecule has 0 heterocycles. The van der Waals surface area contributed by atoms with Crippen LogP contribution < -0.4 is 11.1 Å². The van der Waals surface area contributed by atoms with Crippen molar-refractivity contribution in [2.75, 3.05) is 11.9 Å². The number of unbranched alkanes of at least 4 members (excludes halogenated alkanes) is 2. The summed E-state index contributed by atoms with van der Waals surface area (Å²) in [7, 11) is 0. The zero-order chi connectivity index (χ0) is 12.7. The summed E-state index contributed by atoms with van der Waals surface area (Å²) in [4.78, 5) is 11.5. The molecule has 3 nitrogen and oxygen atoms in total. The van der Waals surface area contributed by atoms with E-state index in [1.807, 2.05) is 0 Å². The molecule has 17 heavy (non-hydrogen) atoms. The molecule has 0 spiro atoms. The molecule has 1 amide bonds. The molecule has 1 aromatic carbocycles. The molecule has 0 atom stereocenters. The van der Waals surface area contributed by atoms with Gasteiger partial charge in [0.1, 0.15) is 5.82 Å². The Bertz CT molecular complexity index is 385. The lowest BCUT2D eigenvalue weighted by Crippen LogP contribution is -2.11. The molecule has 94 valence electrons. The number of anilines is 1. The van der Waals surface area contributed by atoms with E-state index in [0.29, 0.717) is 23.1 Å². The van der Waals surface area contributed by atoms with Crippen molar-refractivity contribution in [1.82, 2.24) is 0 Å². The lowest BCUT2D eigenvalue weighted by atomic mass is 10.2. The Morgan fingerprint density at radius 2 is 2.12 bits per heavy atom. The van der Waals surface area contributed by atoms with Gasteiger partial charge in [-0.05, 0) is 53.5 Å². The summed E-state index contributed by atoms with van der Waals surface area (Å²) in [6, 6.07) is 4.52. The van der Waals surface area contributed by atoms with Crippen molar-refractivity contribution in [3.05, 3.63) is 28.5 Å². The maximum atomic E-state index is 13.2. The fourth-order valence-corrected chi connectivity index (χ4v) is 1.65. The number of nitrogens with two attached hydrogens (primary N) is 1. The number of hydrogen-bond acceptors (Lipinski definition) is 2. The minimum absolute atomic E-state index is 0.0938. The highest BCUT2D eigenvalue weighted by atomic mass is 79.9. The average Bonchev–Trinajstić information content (AvgIpc) is 2.30. The van der Waals surface area contributed by atoms with Crippen molar-refractivity contribution >= 4 is 27.5 Å². The first kappa shape index (κ1) is 14.1. The number of carbonyl (C=O) groups excluding carboxylic acids is 1. The number of carbonyl (C=O) groups is 1. The highest BCUT2D eigenvalue weighted by Crippen LogP contribution is 2.19. The topological polar surface area (TPSA) is 55.1 Å². The molecule has 0 aromatic heterocycles. The van der Waals surface area contributed by atoms with Gasteiger partial charge < -0.3 is 11.1 Å². The quantitative estimate of drug-likeness (QED) is 0.794. The second-order valence-electron chi connectivity index (χ2n) is 3.78. The van der Waals surface area contributed by atoms with Gasteiger partial charge in [0.15, 0.2) is 0 Å². The summed E-state index contributed by atoms with van der Waals surface area (Å²) < 4.78 is 13.6. The molecule has 0 radical (unpaired) electrons. The van der Waals surface area contributed by atoms with Crippen LogP contribution >= 0.6 is 15.9 Å². The van der Waals surface area contributed by atoms with Crippen molar-refractivity contribution in [1.29, 1.82) is 0 Å². The number of rotatable bonds is 6. The molecule has 0 bridgehead atoms. The Kier molecular flexibility index (Phi) is 6.15. The minimum Gasteiger partial charge on any atom is -0.330 e. The van der Waals surface area contributed by atoms with Gasteiger partial charge in [-0.15, -0.1) is 0 Å². The van der Waals surface area contributed by atoms with Gasteiger partial charge in [-0.25, -0.2) is 4.39 Å². The molecule has 3 N–H and O–H groups in total. The van der Waals surface area contributed by atoms with Crippen LogP contribution in [0.4, 0.5) is 10.1 Å². The molecule has 0 aliphatic carbocycles. The lowest BCUT2D eigenvalue weighted by Gasteiger charge is -2.05. The van der Waals surface area contributed by atoms with E-state index in [4.69, 9.17) is 5.73 Å². The van der Waals surface area contributed by atoms with Crippen LogP contribution in [0.2, 0.25) is 0 Å². The van der Waals surface area contributed by atoms with Crippen molar-refractivity contribution in [2.24, 2.45) is 5.73 Å². The first-order chi connectivity index (χ1) is 8.13. The van der Waals surface area contributed by atoms with Crippen LogP contribution in [-0.2, 0) is 4.79 Å². The van der Waals surface area contributed by atoms with Crippen LogP contribution in [0.3, 0.4) is 0 Å². The van der Waals surface area contributed by atoms with Gasteiger partial charge in [0, 0.05) is 12.1 Å². The van der Waals surface area contributed by atoms with Gasteiger partial charge in [-0.1, -0.05) is 6.42 Å². The zero-order valence-corrected chi connectivity index (χ0v) is 11.1. The normalized spacial score (nSPS) is 10.3. The van der Waals surface area contributed by atoms with Crippen molar-refractivity contribution in [3.63, 3.8) is 0 Å². The predicted molar refractivity (Wildman–Crippen MR) is 70.3 cm³/mol. The largest absolute Gasteiger partial charge is 0.330 e. The molecule has 0 aliphatic rings. The molecule has 1 aromatic rings. The number of hydrogen-bond donors (Lipinski definition) is 2. The number of amides is 1. The van der Waals surface area contributed by atoms with Gasteiger partial charge in [-0.3, -0.25) is 4.79 Å². The molecule has 0 unspecified atom stereocenters. The highest BCUT2D eigenvalue weighted by Gasteiger charge is 2.04. The van der Waals surface area contributed by atoms with Crippen molar-refractivity contribution < 1.29 is 9.18 Å². The van der Waals surface area contributed by atoms with Crippen LogP contribution in [0.1, 0.15) is 25.7 Å². The van der Waals surface area contributed by atoms with Crippen LogP contribution in [0.15, 0.2) is 22.7 Å². The van der Waals surface area contributed by atoms with E-state index >= 15 is 0 Å². The summed E-state index contributed by atoms with van der Waals surface area (Å²) in [5.41, 5.74) is 5.83. The molecule has 0 saturated carbocycles. The molecule has 0 saturated heterocycles. The van der Waals surface area contributed by atoms with E-state index in [9.17, 15) is 9.18 Å². The van der Waals surface area contributed by atoms with Gasteiger partial charge in [0.05, 0.1) is 4.47 Å². The molecular weight excluding hydrogens is 287 g/mol. The zero-order valence-electron chi connectivity index (χ0n) is 9.51. The number of halogens is 2. The predicted octanol–water partition coefficient (Wildman–Crippen LogP) is 3.05. The van der Waals surface area contributed by atoms with Gasteiger partial charge in [0.25, 0.3) is 0 Å². The maximum absolute atomic E-state index is 13.2. The highest BCUT2D eigenvalue weighted by molar-refractivity contribution is 9.10. The standard InChI is InChI=1S/C12H16BrFN2O/c13-10-6-5-9(8-11(10)14)16-12(17)4-2-1-3-7-15/h5-6,8H,1-4,7,15H2,(H,16,17). The fourth-order valence-electron chi connectivity index (χ4n) is 1.40. The average molecular weight is 303 g/mol. The van der Waals surface area contributed by atoms with Gasteiger partial charge in [0.2, 0.25) is 5.91 Å². The van der Waals surface area contributed by atoms with Gasteiger partial charge in [-0.2, -0.15) is 0 Å². The molecule has 5 heteroatoms. The molecule has 0 aliphatic heterocycles. The Morgan fingerprint density at radius 3 is 2.76 bits per heavy atom. The van der Waals surface area contributed by atoms with E-state index in [-0.39, 0.29) is 11.7 Å². The minimum atomic E-state index is -0.383. The Labute approximate surface area is 109 Å². The fraction of sp³-hybridized carbons (Fsp3) is 0.417. The van der Waals surface area contributed by atoms with Crippen molar-refractivity contribution in [3.8, 4) is 0 Å². The third kappa shape index (κ3) is 5.28. The maximum Gasteiger partial charge on any atom is 0.224 e. The molecule has 1 rings (SSSR count). The first-order valence-corrected chi connectivity index (χ1v) is 6.37. The summed E-state index contributed by atoms with van der Waals surface area (Å²) in [5.74, 6) is -0.477. The lowest BCUT2D eigenvalue weighted by molar-refractivity contribution is -0.116. The summed E-state index contributed by atoms with van der Waals surface area (Å²) >= 11 is 3.06. The van der Waals surface area contributed by atoms with Crippen LogP contribution in [0.25, 0.3) is 0 Å². The Morgan fingerprint density at radius 1 is 1.35 bits per heavy atom. The van der Waals surface area contributed by atoms with E-state index in [2.05, 4.69) is 21.2 Å². The smallest absolute Gasteiger partial charge is 0.224 e. The molecular formula is C12H16BrFN2O. The first-order valence-electron chi connectivity index (χ1n) is 5.58. The second kappa shape index (κ2) is 7.40. The van der Waals surface area contributed by atoms with Crippen LogP contribution in [-0.4, -0.2) is 12.5 Å². The molecule has 0 fully saturated rings. The Hall–Kier alpha value is -0.940. The Balaban J connectivity index is 2.37. The van der Waals surface area contributed by atoms with E-state index in [1.54, 1.807) is 12.1 Å².